The Bertz CT molecular complexity index is 1000. The average Bonchev–Trinajstić information content (AvgIpc) is 3.10. The zero-order valence-electron chi connectivity index (χ0n) is 17.6. The van der Waals surface area contributed by atoms with Gasteiger partial charge in [-0.25, -0.2) is 4.39 Å². The van der Waals surface area contributed by atoms with Gasteiger partial charge in [0.2, 0.25) is 0 Å². The molecule has 0 atom stereocenters. The van der Waals surface area contributed by atoms with E-state index in [1.54, 1.807) is 7.05 Å². The number of fused-ring (bicyclic) bond motifs is 1. The first kappa shape index (κ1) is 20.4. The summed E-state index contributed by atoms with van der Waals surface area (Å²) in [4.78, 5) is 6.80. The molecule has 6 heteroatoms. The Labute approximate surface area is 177 Å². The van der Waals surface area contributed by atoms with Crippen LogP contribution in [0.15, 0.2) is 57.9 Å². The average molecular weight is 409 g/mol. The predicted molar refractivity (Wildman–Crippen MR) is 119 cm³/mol. The number of nitrogens with one attached hydrogen (secondary N) is 2. The Balaban J connectivity index is 1.26. The van der Waals surface area contributed by atoms with Crippen LogP contribution >= 0.6 is 0 Å². The van der Waals surface area contributed by atoms with Crippen LogP contribution in [0, 0.1) is 12.7 Å². The molecule has 1 aliphatic heterocycles. The molecule has 1 aliphatic rings. The Morgan fingerprint density at radius 3 is 2.57 bits per heavy atom. The largest absolute Gasteiger partial charge is 0.459 e. The maximum atomic E-state index is 13.1. The van der Waals surface area contributed by atoms with Crippen LogP contribution in [0.5, 0.6) is 0 Å². The van der Waals surface area contributed by atoms with Crippen molar-refractivity contribution in [3.8, 4) is 0 Å². The number of piperidine rings is 1. The summed E-state index contributed by atoms with van der Waals surface area (Å²) in [5, 5.41) is 8.09. The number of guanidine groups is 1. The maximum Gasteiger partial charge on any atom is 0.191 e. The molecule has 2 N–H and O–H groups in total. The molecule has 0 amide bonds. The summed E-state index contributed by atoms with van der Waals surface area (Å²) in [5.41, 5.74) is 3.24. The number of likely N-dealkylation sites (tertiary alicyclic amines) is 1. The summed E-state index contributed by atoms with van der Waals surface area (Å²) in [5.74, 6) is 1.55. The number of hydrogen-bond acceptors (Lipinski definition) is 3. The van der Waals surface area contributed by atoms with Gasteiger partial charge in [0.15, 0.2) is 5.96 Å². The highest BCUT2D eigenvalue weighted by molar-refractivity contribution is 5.83. The van der Waals surface area contributed by atoms with E-state index in [1.165, 1.54) is 17.7 Å². The summed E-state index contributed by atoms with van der Waals surface area (Å²) in [7, 11) is 1.80. The van der Waals surface area contributed by atoms with E-state index in [0.29, 0.717) is 12.6 Å². The van der Waals surface area contributed by atoms with Crippen molar-refractivity contribution in [2.45, 2.75) is 38.9 Å². The van der Waals surface area contributed by atoms with Crippen molar-refractivity contribution in [1.82, 2.24) is 15.5 Å². The van der Waals surface area contributed by atoms with Crippen molar-refractivity contribution >= 4 is 16.9 Å². The van der Waals surface area contributed by atoms with Crippen molar-refractivity contribution in [2.24, 2.45) is 4.99 Å². The lowest BCUT2D eigenvalue weighted by Gasteiger charge is -2.33. The molecular weight excluding hydrogens is 379 g/mol. The van der Waals surface area contributed by atoms with Gasteiger partial charge in [0.1, 0.15) is 17.2 Å². The number of benzene rings is 2. The molecule has 0 unspecified atom stereocenters. The summed E-state index contributed by atoms with van der Waals surface area (Å²) in [6.07, 6.45) is 2.09. The highest BCUT2D eigenvalue weighted by atomic mass is 19.1. The number of rotatable bonds is 5. The van der Waals surface area contributed by atoms with Crippen LogP contribution < -0.4 is 10.6 Å². The van der Waals surface area contributed by atoms with Crippen LogP contribution in [0.25, 0.3) is 11.0 Å². The van der Waals surface area contributed by atoms with Crippen molar-refractivity contribution < 1.29 is 8.81 Å². The lowest BCUT2D eigenvalue weighted by Crippen LogP contribution is -2.48. The molecule has 0 saturated carbocycles. The number of aliphatic imine (C=N–C) groups is 1. The van der Waals surface area contributed by atoms with E-state index in [-0.39, 0.29) is 5.82 Å². The quantitative estimate of drug-likeness (QED) is 0.491. The molecule has 158 valence electrons. The number of hydrogen-bond donors (Lipinski definition) is 2. The molecule has 4 rings (SSSR count). The smallest absolute Gasteiger partial charge is 0.191 e. The minimum atomic E-state index is -0.182. The molecule has 0 spiro atoms. The van der Waals surface area contributed by atoms with Crippen LogP contribution in [0.4, 0.5) is 4.39 Å². The van der Waals surface area contributed by atoms with Gasteiger partial charge in [-0.2, -0.15) is 0 Å². The topological polar surface area (TPSA) is 52.8 Å². The fourth-order valence-corrected chi connectivity index (χ4v) is 4.03. The van der Waals surface area contributed by atoms with E-state index in [4.69, 9.17) is 4.42 Å². The molecule has 0 aliphatic carbocycles. The summed E-state index contributed by atoms with van der Waals surface area (Å²) < 4.78 is 19.1. The zero-order chi connectivity index (χ0) is 20.9. The number of furan rings is 1. The number of nitrogens with zero attached hydrogens (tertiary/aromatic N) is 2. The van der Waals surface area contributed by atoms with Gasteiger partial charge in [-0.05, 0) is 43.5 Å². The minimum Gasteiger partial charge on any atom is -0.459 e. The second-order valence-electron chi connectivity index (χ2n) is 7.89. The predicted octanol–water partition coefficient (Wildman–Crippen LogP) is 4.21. The van der Waals surface area contributed by atoms with Gasteiger partial charge < -0.3 is 15.1 Å². The molecule has 3 aromatic rings. The van der Waals surface area contributed by atoms with E-state index < -0.39 is 0 Å². The fraction of sp³-hybridized carbons (Fsp3) is 0.375. The molecule has 2 heterocycles. The summed E-state index contributed by atoms with van der Waals surface area (Å²) >= 11 is 0. The van der Waals surface area contributed by atoms with Crippen LogP contribution in [-0.4, -0.2) is 37.0 Å². The Morgan fingerprint density at radius 1 is 1.13 bits per heavy atom. The molecule has 2 aromatic carbocycles. The monoisotopic (exact) mass is 408 g/mol. The Kier molecular flexibility index (Phi) is 6.33. The van der Waals surface area contributed by atoms with Gasteiger partial charge in [-0.15, -0.1) is 0 Å². The summed E-state index contributed by atoms with van der Waals surface area (Å²) in [6.45, 7) is 5.58. The number of halogens is 1. The second-order valence-corrected chi connectivity index (χ2v) is 7.89. The third kappa shape index (κ3) is 4.82. The third-order valence-corrected chi connectivity index (χ3v) is 5.83. The van der Waals surface area contributed by atoms with Crippen LogP contribution in [0.3, 0.4) is 0 Å². The van der Waals surface area contributed by atoms with Crippen molar-refractivity contribution in [3.05, 3.63) is 71.2 Å². The molecule has 30 heavy (non-hydrogen) atoms. The van der Waals surface area contributed by atoms with E-state index in [0.717, 1.165) is 60.7 Å². The van der Waals surface area contributed by atoms with Crippen LogP contribution in [0.2, 0.25) is 0 Å². The lowest BCUT2D eigenvalue weighted by atomic mass is 10.0. The summed E-state index contributed by atoms with van der Waals surface area (Å²) in [6, 6.07) is 15.3. The third-order valence-electron chi connectivity index (χ3n) is 5.83. The number of aryl methyl sites for hydroxylation is 1. The van der Waals surface area contributed by atoms with E-state index in [1.807, 2.05) is 30.3 Å². The fourth-order valence-electron chi connectivity index (χ4n) is 4.03. The standard InChI is InChI=1S/C24H29FN4O/c1-17-21-5-3-4-6-22(21)30-23(17)15-27-24(26-2)28-20-11-13-29(14-12-20)16-18-7-9-19(25)10-8-18/h3-10,20H,11-16H2,1-2H3,(H2,26,27,28). The molecule has 1 aromatic heterocycles. The normalized spacial score (nSPS) is 16.2. The Hall–Kier alpha value is -2.86. The molecular formula is C24H29FN4O. The van der Waals surface area contributed by atoms with Crippen LogP contribution in [0.1, 0.15) is 29.7 Å². The highest BCUT2D eigenvalue weighted by Crippen LogP contribution is 2.24. The maximum absolute atomic E-state index is 13.1. The Morgan fingerprint density at radius 2 is 1.87 bits per heavy atom. The zero-order valence-corrected chi connectivity index (χ0v) is 17.6. The van der Waals surface area contributed by atoms with Crippen molar-refractivity contribution in [1.29, 1.82) is 0 Å². The van der Waals surface area contributed by atoms with Crippen molar-refractivity contribution in [2.75, 3.05) is 20.1 Å². The first-order chi connectivity index (χ1) is 14.6. The SMILES string of the molecule is CN=C(NCc1oc2ccccc2c1C)NC1CCN(Cc2ccc(F)cc2)CC1. The lowest BCUT2D eigenvalue weighted by molar-refractivity contribution is 0.198. The number of para-hydroxylation sites is 1. The van der Waals surface area contributed by atoms with Gasteiger partial charge in [0.05, 0.1) is 6.54 Å². The highest BCUT2D eigenvalue weighted by Gasteiger charge is 2.20. The van der Waals surface area contributed by atoms with Crippen LogP contribution in [-0.2, 0) is 13.1 Å². The van der Waals surface area contributed by atoms with Gasteiger partial charge in [0, 0.05) is 43.7 Å². The molecule has 0 bridgehead atoms. The van der Waals surface area contributed by atoms with Gasteiger partial charge in [-0.1, -0.05) is 30.3 Å². The van der Waals surface area contributed by atoms with Gasteiger partial charge >= 0.3 is 0 Å². The van der Waals surface area contributed by atoms with Gasteiger partial charge in [-0.3, -0.25) is 9.89 Å². The molecule has 1 saturated heterocycles. The van der Waals surface area contributed by atoms with E-state index >= 15 is 0 Å². The first-order valence-corrected chi connectivity index (χ1v) is 10.5. The second kappa shape index (κ2) is 9.30. The molecule has 1 fully saturated rings. The minimum absolute atomic E-state index is 0.182. The molecule has 5 nitrogen and oxygen atoms in total. The molecule has 0 radical (unpaired) electrons. The van der Waals surface area contributed by atoms with E-state index in [9.17, 15) is 4.39 Å². The van der Waals surface area contributed by atoms with E-state index in [2.05, 4.69) is 33.5 Å². The van der Waals surface area contributed by atoms with Crippen molar-refractivity contribution in [3.63, 3.8) is 0 Å². The van der Waals surface area contributed by atoms with Gasteiger partial charge in [0.25, 0.3) is 0 Å². The first-order valence-electron chi connectivity index (χ1n) is 10.5.